The molecule has 3 aliphatic carbocycles. The summed E-state index contributed by atoms with van der Waals surface area (Å²) >= 11 is 0. The molecule has 3 nitrogen and oxygen atoms in total. The average molecular weight is 341 g/mol. The van der Waals surface area contributed by atoms with Gasteiger partial charge in [-0.2, -0.15) is 0 Å². The highest BCUT2D eigenvalue weighted by Gasteiger charge is 2.73. The van der Waals surface area contributed by atoms with Gasteiger partial charge in [-0.1, -0.05) is 18.6 Å². The molecule has 6 rings (SSSR count). The van der Waals surface area contributed by atoms with Crippen molar-refractivity contribution in [2.45, 2.75) is 82.9 Å². The van der Waals surface area contributed by atoms with Crippen molar-refractivity contribution in [3.05, 3.63) is 11.6 Å². The van der Waals surface area contributed by atoms with Gasteiger partial charge in [-0.3, -0.25) is 9.69 Å². The first-order valence-corrected chi connectivity index (χ1v) is 10.7. The van der Waals surface area contributed by atoms with Crippen LogP contribution in [0.4, 0.5) is 0 Å². The minimum atomic E-state index is -0.235. The normalized spacial score (nSPS) is 56.6. The first-order valence-electron chi connectivity index (χ1n) is 10.7. The second-order valence-corrected chi connectivity index (χ2v) is 10.2. The van der Waals surface area contributed by atoms with Gasteiger partial charge in [0.25, 0.3) is 0 Å². The van der Waals surface area contributed by atoms with Crippen molar-refractivity contribution in [2.75, 3.05) is 6.54 Å². The lowest BCUT2D eigenvalue weighted by Gasteiger charge is -2.65. The van der Waals surface area contributed by atoms with E-state index in [1.807, 2.05) is 0 Å². The molecule has 8 atom stereocenters. The summed E-state index contributed by atoms with van der Waals surface area (Å²) in [4.78, 5) is 15.3. The van der Waals surface area contributed by atoms with Crippen molar-refractivity contribution in [1.82, 2.24) is 4.90 Å². The Kier molecular flexibility index (Phi) is 2.87. The monoisotopic (exact) mass is 341 g/mol. The number of carbonyl (C=O) groups is 1. The van der Waals surface area contributed by atoms with Gasteiger partial charge in [0.2, 0.25) is 0 Å². The number of nitrogens with zero attached hydrogens (tertiary/aromatic N) is 1. The first kappa shape index (κ1) is 15.2. The number of fused-ring (bicyclic) bond motifs is 5. The van der Waals surface area contributed by atoms with Crippen molar-refractivity contribution in [1.29, 1.82) is 0 Å². The van der Waals surface area contributed by atoms with Gasteiger partial charge in [0, 0.05) is 36.4 Å². The molecular formula is C22H31NO2. The van der Waals surface area contributed by atoms with Crippen LogP contribution in [-0.2, 0) is 9.53 Å². The quantitative estimate of drug-likeness (QED) is 0.494. The summed E-state index contributed by atoms with van der Waals surface area (Å²) in [6, 6.07) is 1.21. The lowest BCUT2D eigenvalue weighted by molar-refractivity contribution is -0.242. The molecule has 3 heteroatoms. The van der Waals surface area contributed by atoms with Gasteiger partial charge in [-0.05, 0) is 69.6 Å². The number of piperidine rings is 1. The summed E-state index contributed by atoms with van der Waals surface area (Å²) in [5.74, 6) is 3.01. The Morgan fingerprint density at radius 1 is 1.20 bits per heavy atom. The van der Waals surface area contributed by atoms with Crippen molar-refractivity contribution >= 4 is 5.97 Å². The van der Waals surface area contributed by atoms with Gasteiger partial charge in [-0.15, -0.1) is 0 Å². The maximum Gasteiger partial charge on any atom is 0.306 e. The van der Waals surface area contributed by atoms with E-state index in [1.165, 1.54) is 45.1 Å². The van der Waals surface area contributed by atoms with Gasteiger partial charge in [0.05, 0.1) is 0 Å². The van der Waals surface area contributed by atoms with Crippen LogP contribution in [0.2, 0.25) is 0 Å². The summed E-state index contributed by atoms with van der Waals surface area (Å²) in [5.41, 5.74) is 1.72. The summed E-state index contributed by atoms with van der Waals surface area (Å²) < 4.78 is 6.37. The zero-order valence-corrected chi connectivity index (χ0v) is 15.7. The van der Waals surface area contributed by atoms with Gasteiger partial charge < -0.3 is 4.74 Å². The predicted octanol–water partition coefficient (Wildman–Crippen LogP) is 3.93. The van der Waals surface area contributed by atoms with E-state index in [1.54, 1.807) is 5.57 Å². The fourth-order valence-corrected chi connectivity index (χ4v) is 8.62. The molecule has 6 aliphatic rings. The maximum absolute atomic E-state index is 12.4. The number of carbonyl (C=O) groups excluding carboxylic acids is 1. The van der Waals surface area contributed by atoms with E-state index >= 15 is 0 Å². The molecule has 3 heterocycles. The van der Waals surface area contributed by atoms with Crippen LogP contribution in [0.5, 0.6) is 0 Å². The van der Waals surface area contributed by atoms with Gasteiger partial charge in [-0.25, -0.2) is 0 Å². The smallest absolute Gasteiger partial charge is 0.306 e. The third-order valence-corrected chi connectivity index (χ3v) is 9.55. The second kappa shape index (κ2) is 4.71. The molecule has 0 N–H and O–H groups in total. The number of esters is 1. The minimum absolute atomic E-state index is 0.0670. The number of hydrogen-bond acceptors (Lipinski definition) is 3. The average Bonchev–Trinajstić information content (AvgIpc) is 3.27. The largest absolute Gasteiger partial charge is 0.458 e. The van der Waals surface area contributed by atoms with E-state index in [0.29, 0.717) is 24.4 Å². The van der Waals surface area contributed by atoms with E-state index in [9.17, 15) is 4.79 Å². The summed E-state index contributed by atoms with van der Waals surface area (Å²) in [7, 11) is 0. The lowest BCUT2D eigenvalue weighted by Crippen LogP contribution is -2.73. The number of hydrogen-bond donors (Lipinski definition) is 0. The van der Waals surface area contributed by atoms with Gasteiger partial charge in [0.15, 0.2) is 0 Å². The highest BCUT2D eigenvalue weighted by atomic mass is 16.6. The lowest BCUT2D eigenvalue weighted by atomic mass is 9.52. The summed E-state index contributed by atoms with van der Waals surface area (Å²) in [5, 5.41) is 0. The molecular weight excluding hydrogens is 310 g/mol. The molecule has 3 aliphatic heterocycles. The first-order chi connectivity index (χ1) is 12.1. The number of ether oxygens (including phenoxy) is 1. The fraction of sp³-hybridized carbons (Fsp3) is 0.864. The molecule has 0 aromatic rings. The molecule has 136 valence electrons. The van der Waals surface area contributed by atoms with E-state index in [-0.39, 0.29) is 17.0 Å². The Balaban J connectivity index is 1.54. The van der Waals surface area contributed by atoms with Crippen LogP contribution in [-0.4, -0.2) is 35.1 Å². The van der Waals surface area contributed by atoms with E-state index < -0.39 is 0 Å². The van der Waals surface area contributed by atoms with Crippen molar-refractivity contribution in [3.63, 3.8) is 0 Å². The Labute approximate surface area is 151 Å². The summed E-state index contributed by atoms with van der Waals surface area (Å²) in [6.45, 7) is 6.10. The Morgan fingerprint density at radius 3 is 2.96 bits per heavy atom. The van der Waals surface area contributed by atoms with Crippen LogP contribution in [0.15, 0.2) is 11.6 Å². The van der Waals surface area contributed by atoms with Crippen molar-refractivity contribution < 1.29 is 9.53 Å². The van der Waals surface area contributed by atoms with Crippen molar-refractivity contribution in [3.8, 4) is 0 Å². The molecule has 25 heavy (non-hydrogen) atoms. The standard InChI is InChI=1S/C22H31NO2/c1-13-12-23-19-16-5-3-4-14(16)6-7-17(19)21(2)22(11-9-18(24)25-21)10-8-15(13)20(22)23/h5,13-15,17,19-20H,3-4,6-12H2,1-2H3/t13-,14-,15-,17-,19+,20+,21+,22+/m1/s1. The molecule has 0 unspecified atom stereocenters. The Hall–Kier alpha value is -0.830. The van der Waals surface area contributed by atoms with Crippen LogP contribution in [0.1, 0.15) is 65.2 Å². The zero-order chi connectivity index (χ0) is 17.0. The second-order valence-electron chi connectivity index (χ2n) is 10.2. The van der Waals surface area contributed by atoms with Crippen LogP contribution >= 0.6 is 0 Å². The molecule has 2 saturated carbocycles. The molecule has 0 aromatic carbocycles. The van der Waals surface area contributed by atoms with Gasteiger partial charge >= 0.3 is 5.97 Å². The van der Waals surface area contributed by atoms with Crippen LogP contribution in [0, 0.1) is 29.1 Å². The molecule has 3 saturated heterocycles. The van der Waals surface area contributed by atoms with E-state index in [4.69, 9.17) is 4.74 Å². The zero-order valence-electron chi connectivity index (χ0n) is 15.7. The molecule has 0 amide bonds. The predicted molar refractivity (Wildman–Crippen MR) is 95.9 cm³/mol. The fourth-order valence-electron chi connectivity index (χ4n) is 8.62. The SMILES string of the molecule is C[C@@H]1CN2[C@H]3[C@@H]1CC[C@]31CCC(=O)O[C@@]1(C)[C@@H]1CC[C@H]3CCC=C3[C@@H]12. The molecule has 5 fully saturated rings. The highest BCUT2D eigenvalue weighted by Crippen LogP contribution is 2.69. The van der Waals surface area contributed by atoms with Gasteiger partial charge in [0.1, 0.15) is 5.60 Å². The van der Waals surface area contributed by atoms with Crippen LogP contribution < -0.4 is 0 Å². The molecule has 0 radical (unpaired) electrons. The number of allylic oxidation sites excluding steroid dienone is 1. The molecule has 0 bridgehead atoms. The summed E-state index contributed by atoms with van der Waals surface area (Å²) in [6.07, 6.45) is 12.1. The highest BCUT2D eigenvalue weighted by molar-refractivity contribution is 5.71. The van der Waals surface area contributed by atoms with E-state index in [2.05, 4.69) is 24.8 Å². The third kappa shape index (κ3) is 1.62. The maximum atomic E-state index is 12.4. The molecule has 1 spiro atoms. The van der Waals surface area contributed by atoms with Crippen LogP contribution in [0.3, 0.4) is 0 Å². The molecule has 0 aromatic heterocycles. The van der Waals surface area contributed by atoms with Crippen LogP contribution in [0.25, 0.3) is 0 Å². The third-order valence-electron chi connectivity index (χ3n) is 9.55. The Bertz CT molecular complexity index is 671. The Morgan fingerprint density at radius 2 is 2.08 bits per heavy atom. The van der Waals surface area contributed by atoms with E-state index in [0.717, 1.165) is 24.2 Å². The topological polar surface area (TPSA) is 29.5 Å². The number of rotatable bonds is 0. The van der Waals surface area contributed by atoms with Crippen molar-refractivity contribution in [2.24, 2.45) is 29.1 Å². The minimum Gasteiger partial charge on any atom is -0.458 e.